The first-order valence-corrected chi connectivity index (χ1v) is 13.8. The minimum Gasteiger partial charge on any atom is -0.383 e. The Morgan fingerprint density at radius 1 is 1.21 bits per heavy atom. The molecule has 10 heteroatoms. The first-order chi connectivity index (χ1) is 18.3. The topological polar surface area (TPSA) is 104 Å². The molecule has 1 atom stereocenters. The van der Waals surface area contributed by atoms with E-state index in [2.05, 4.69) is 69.9 Å². The molecule has 38 heavy (non-hydrogen) atoms. The van der Waals surface area contributed by atoms with Crippen molar-refractivity contribution in [2.75, 3.05) is 17.2 Å². The average Bonchev–Trinajstić information content (AvgIpc) is 3.41. The summed E-state index contributed by atoms with van der Waals surface area (Å²) in [5.41, 5.74) is 7.28. The molecule has 2 aromatic carbocycles. The molecule has 8 nitrogen and oxygen atoms in total. The van der Waals surface area contributed by atoms with Crippen LogP contribution in [0.2, 0.25) is 5.02 Å². The summed E-state index contributed by atoms with van der Waals surface area (Å²) in [5.74, 6) is 0. The third-order valence-corrected chi connectivity index (χ3v) is 7.68. The van der Waals surface area contributed by atoms with Gasteiger partial charge in [-0.05, 0) is 36.5 Å². The third-order valence-electron chi connectivity index (χ3n) is 6.60. The van der Waals surface area contributed by atoms with Crippen LogP contribution in [0.4, 0.5) is 11.4 Å². The average molecular weight is 543 g/mol. The summed E-state index contributed by atoms with van der Waals surface area (Å²) in [4.78, 5) is 9.15. The minimum absolute atomic E-state index is 0.0205. The lowest BCUT2D eigenvalue weighted by Crippen LogP contribution is -2.20. The number of hydrogen-bond donors (Lipinski definition) is 2. The molecule has 192 valence electrons. The molecular weight excluding hydrogens is 516 g/mol. The Hall–Kier alpha value is -3.74. The molecule has 6 rings (SSSR count). The van der Waals surface area contributed by atoms with E-state index in [-0.39, 0.29) is 11.5 Å². The summed E-state index contributed by atoms with van der Waals surface area (Å²) >= 11 is 8.38. The summed E-state index contributed by atoms with van der Waals surface area (Å²) in [7, 11) is 0. The largest absolute Gasteiger partial charge is 0.383 e. The highest BCUT2D eigenvalue weighted by atomic mass is 35.5. The van der Waals surface area contributed by atoms with Gasteiger partial charge in [-0.3, -0.25) is 4.98 Å². The number of aromatic nitrogens is 5. The van der Waals surface area contributed by atoms with Crippen LogP contribution in [-0.4, -0.2) is 31.5 Å². The van der Waals surface area contributed by atoms with E-state index in [4.69, 9.17) is 11.6 Å². The predicted octanol–water partition coefficient (Wildman–Crippen LogP) is 6.96. The highest BCUT2D eigenvalue weighted by Crippen LogP contribution is 2.38. The number of nitrogens with one attached hydrogen (secondary N) is 2. The van der Waals surface area contributed by atoms with Crippen LogP contribution in [0.25, 0.3) is 21.1 Å². The quantitative estimate of drug-likeness (QED) is 0.229. The second-order valence-corrected chi connectivity index (χ2v) is 12.2. The van der Waals surface area contributed by atoms with E-state index in [1.807, 2.05) is 34.6 Å². The number of hydrogen-bond acceptors (Lipinski definition) is 8. The number of para-hydroxylation sites is 1. The lowest BCUT2D eigenvalue weighted by Gasteiger charge is -2.22. The fourth-order valence-electron chi connectivity index (χ4n) is 4.53. The normalized spacial score (nSPS) is 14.5. The lowest BCUT2D eigenvalue weighted by atomic mass is 9.96. The van der Waals surface area contributed by atoms with Gasteiger partial charge in [-0.15, -0.1) is 16.4 Å². The van der Waals surface area contributed by atoms with Crippen LogP contribution in [0.3, 0.4) is 0 Å². The van der Waals surface area contributed by atoms with E-state index < -0.39 is 0 Å². The highest BCUT2D eigenvalue weighted by Gasteiger charge is 2.28. The summed E-state index contributed by atoms with van der Waals surface area (Å²) in [6.07, 6.45) is 5.85. The SMILES string of the molecule is CC(C)(C)CNc1c(C#N)cnc2c(Cl)cc(N[C@H](c3cn(C4CC4)nn3)c3cccc4scnc34)cc12. The molecule has 1 aliphatic carbocycles. The molecule has 0 saturated heterocycles. The van der Waals surface area contributed by atoms with Crippen molar-refractivity contribution in [3.05, 3.63) is 70.1 Å². The van der Waals surface area contributed by atoms with Gasteiger partial charge in [0.25, 0.3) is 0 Å². The van der Waals surface area contributed by atoms with Gasteiger partial charge in [0, 0.05) is 29.4 Å². The predicted molar refractivity (Wildman–Crippen MR) is 153 cm³/mol. The van der Waals surface area contributed by atoms with Gasteiger partial charge in [-0.25, -0.2) is 9.67 Å². The Morgan fingerprint density at radius 2 is 2.05 bits per heavy atom. The summed E-state index contributed by atoms with van der Waals surface area (Å²) in [6.45, 7) is 7.13. The summed E-state index contributed by atoms with van der Waals surface area (Å²) in [6, 6.07) is 12.5. The van der Waals surface area contributed by atoms with Crippen LogP contribution < -0.4 is 10.6 Å². The number of anilines is 2. The minimum atomic E-state index is -0.306. The Balaban J connectivity index is 1.46. The van der Waals surface area contributed by atoms with Crippen LogP contribution in [0, 0.1) is 16.7 Å². The maximum atomic E-state index is 9.82. The van der Waals surface area contributed by atoms with Gasteiger partial charge in [0.05, 0.1) is 55.8 Å². The van der Waals surface area contributed by atoms with Gasteiger partial charge in [0.15, 0.2) is 0 Å². The standard InChI is InChI=1S/C28H27ClN8S/c1-28(2,3)14-32-24-16(11-30)12-31-25-20(24)9-17(10-21(25)29)34-26(22-13-37(36-35-22)18-7-8-18)19-5-4-6-23-27(19)33-15-38-23/h4-6,9-10,12-13,15,18,26,34H,7-8,14H2,1-3H3,(H,31,32)/t26-/m0/s1. The molecule has 1 aliphatic rings. The molecule has 0 unspecified atom stereocenters. The number of thiazole rings is 1. The molecule has 0 amide bonds. The third kappa shape index (κ3) is 4.77. The molecule has 3 aromatic heterocycles. The van der Waals surface area contributed by atoms with E-state index >= 15 is 0 Å². The molecule has 0 aliphatic heterocycles. The van der Waals surface area contributed by atoms with Gasteiger partial charge in [0.2, 0.25) is 0 Å². The van der Waals surface area contributed by atoms with E-state index in [0.717, 1.165) is 51.1 Å². The van der Waals surface area contributed by atoms with Crippen LogP contribution in [0.1, 0.15) is 62.5 Å². The molecule has 3 heterocycles. The highest BCUT2D eigenvalue weighted by molar-refractivity contribution is 7.16. The second-order valence-electron chi connectivity index (χ2n) is 10.9. The van der Waals surface area contributed by atoms with Crippen LogP contribution in [-0.2, 0) is 0 Å². The van der Waals surface area contributed by atoms with Gasteiger partial charge in [-0.1, -0.05) is 49.7 Å². The number of rotatable bonds is 7. The fourth-order valence-corrected chi connectivity index (χ4v) is 5.51. The number of pyridine rings is 1. The Bertz CT molecular complexity index is 1690. The zero-order valence-electron chi connectivity index (χ0n) is 21.4. The Labute approximate surface area is 229 Å². The smallest absolute Gasteiger partial charge is 0.110 e. The molecule has 1 saturated carbocycles. The van der Waals surface area contributed by atoms with E-state index in [1.165, 1.54) is 0 Å². The van der Waals surface area contributed by atoms with Gasteiger partial charge in [0.1, 0.15) is 11.8 Å². The number of nitrogens with zero attached hydrogens (tertiary/aromatic N) is 6. The van der Waals surface area contributed by atoms with Crippen molar-refractivity contribution in [3.63, 3.8) is 0 Å². The molecule has 0 spiro atoms. The monoisotopic (exact) mass is 542 g/mol. The second kappa shape index (κ2) is 9.53. The van der Waals surface area contributed by atoms with Crippen molar-refractivity contribution < 1.29 is 0 Å². The van der Waals surface area contributed by atoms with Crippen molar-refractivity contribution in [3.8, 4) is 6.07 Å². The molecule has 5 aromatic rings. The van der Waals surface area contributed by atoms with Crippen molar-refractivity contribution >= 4 is 55.4 Å². The molecule has 1 fully saturated rings. The van der Waals surface area contributed by atoms with Gasteiger partial charge < -0.3 is 10.6 Å². The maximum Gasteiger partial charge on any atom is 0.110 e. The van der Waals surface area contributed by atoms with E-state index in [0.29, 0.717) is 28.7 Å². The van der Waals surface area contributed by atoms with Crippen molar-refractivity contribution in [2.24, 2.45) is 5.41 Å². The first kappa shape index (κ1) is 24.6. The van der Waals surface area contributed by atoms with Crippen LogP contribution in [0.15, 0.2) is 48.2 Å². The van der Waals surface area contributed by atoms with E-state index in [9.17, 15) is 5.26 Å². The maximum absolute atomic E-state index is 9.82. The van der Waals surface area contributed by atoms with E-state index in [1.54, 1.807) is 17.5 Å². The van der Waals surface area contributed by atoms with Crippen molar-refractivity contribution in [2.45, 2.75) is 45.7 Å². The number of nitriles is 1. The van der Waals surface area contributed by atoms with Gasteiger partial charge >= 0.3 is 0 Å². The van der Waals surface area contributed by atoms with Crippen molar-refractivity contribution in [1.29, 1.82) is 5.26 Å². The number of fused-ring (bicyclic) bond motifs is 2. The fraction of sp³-hybridized carbons (Fsp3) is 0.321. The van der Waals surface area contributed by atoms with Crippen LogP contribution >= 0.6 is 22.9 Å². The summed E-state index contributed by atoms with van der Waals surface area (Å²) in [5, 5.41) is 27.2. The molecule has 2 N–H and O–H groups in total. The zero-order valence-corrected chi connectivity index (χ0v) is 22.9. The molecule has 0 bridgehead atoms. The summed E-state index contributed by atoms with van der Waals surface area (Å²) < 4.78 is 3.06. The lowest BCUT2D eigenvalue weighted by molar-refractivity contribution is 0.443. The molecular formula is C28H27ClN8S. The first-order valence-electron chi connectivity index (χ1n) is 12.6. The number of benzene rings is 2. The Morgan fingerprint density at radius 3 is 2.82 bits per heavy atom. The van der Waals surface area contributed by atoms with Crippen LogP contribution in [0.5, 0.6) is 0 Å². The Kier molecular flexibility index (Phi) is 6.17. The molecule has 0 radical (unpaired) electrons. The zero-order chi connectivity index (χ0) is 26.4. The number of halogens is 1. The van der Waals surface area contributed by atoms with Crippen molar-refractivity contribution in [1.82, 2.24) is 25.0 Å². The van der Waals surface area contributed by atoms with Gasteiger partial charge in [-0.2, -0.15) is 5.26 Å².